The molecule has 1 aromatic heterocycles. The second kappa shape index (κ2) is 5.22. The van der Waals surface area contributed by atoms with E-state index in [1.165, 1.54) is 19.2 Å². The van der Waals surface area contributed by atoms with Gasteiger partial charge in [-0.05, 0) is 19.8 Å². The van der Waals surface area contributed by atoms with Crippen LogP contribution in [0.4, 0.5) is 5.69 Å². The van der Waals surface area contributed by atoms with Gasteiger partial charge in [-0.2, -0.15) is 0 Å². The van der Waals surface area contributed by atoms with Gasteiger partial charge in [-0.25, -0.2) is 0 Å². The van der Waals surface area contributed by atoms with Crippen molar-refractivity contribution in [3.05, 3.63) is 28.1 Å². The molecule has 1 aromatic rings. The Labute approximate surface area is 115 Å². The van der Waals surface area contributed by atoms with Crippen molar-refractivity contribution in [3.8, 4) is 0 Å². The summed E-state index contributed by atoms with van der Waals surface area (Å²) in [7, 11) is 0. The van der Waals surface area contributed by atoms with Crippen molar-refractivity contribution in [1.29, 1.82) is 0 Å². The fraction of sp³-hybridized carbons (Fsp3) is 0.583. The van der Waals surface area contributed by atoms with Crippen molar-refractivity contribution < 1.29 is 19.9 Å². The lowest BCUT2D eigenvalue weighted by atomic mass is 10.1. The van der Waals surface area contributed by atoms with Gasteiger partial charge in [0.1, 0.15) is 5.69 Å². The van der Waals surface area contributed by atoms with Gasteiger partial charge in [-0.15, -0.1) is 0 Å². The number of amides is 1. The largest absolute Gasteiger partial charge is 0.394 e. The van der Waals surface area contributed by atoms with Gasteiger partial charge in [-0.3, -0.25) is 14.9 Å². The summed E-state index contributed by atoms with van der Waals surface area (Å²) in [6.45, 7) is 0.632. The summed E-state index contributed by atoms with van der Waals surface area (Å²) in [5, 5.41) is 31.7. The van der Waals surface area contributed by atoms with Gasteiger partial charge in [-0.1, -0.05) is 0 Å². The summed E-state index contributed by atoms with van der Waals surface area (Å²) in [5.41, 5.74) is -1.13. The van der Waals surface area contributed by atoms with Crippen molar-refractivity contribution in [2.75, 3.05) is 13.2 Å². The molecule has 0 unspecified atom stereocenters. The number of aromatic nitrogens is 1. The molecule has 1 saturated carbocycles. The Kier molecular flexibility index (Phi) is 3.78. The van der Waals surface area contributed by atoms with Crippen molar-refractivity contribution in [2.45, 2.75) is 31.3 Å². The summed E-state index contributed by atoms with van der Waals surface area (Å²) >= 11 is 0. The summed E-state index contributed by atoms with van der Waals surface area (Å²) in [5.74, 6) is -0.546. The molecule has 2 rings (SSSR count). The van der Waals surface area contributed by atoms with Crippen LogP contribution in [0.5, 0.6) is 0 Å². The van der Waals surface area contributed by atoms with E-state index in [0.717, 1.165) is 12.8 Å². The number of rotatable bonds is 6. The number of nitro groups is 1. The number of carbonyl (C=O) groups is 1. The van der Waals surface area contributed by atoms with Gasteiger partial charge in [0.15, 0.2) is 0 Å². The van der Waals surface area contributed by atoms with Gasteiger partial charge in [0.2, 0.25) is 0 Å². The maximum absolute atomic E-state index is 12.2. The summed E-state index contributed by atoms with van der Waals surface area (Å²) in [6, 6.07) is 1.32. The molecule has 1 fully saturated rings. The predicted molar refractivity (Wildman–Crippen MR) is 69.4 cm³/mol. The van der Waals surface area contributed by atoms with E-state index >= 15 is 0 Å². The zero-order chi connectivity index (χ0) is 14.9. The van der Waals surface area contributed by atoms with Crippen LogP contribution < -0.4 is 5.32 Å². The molecule has 0 atom stereocenters. The third-order valence-electron chi connectivity index (χ3n) is 3.33. The first-order valence-electron chi connectivity index (χ1n) is 6.30. The zero-order valence-electron chi connectivity index (χ0n) is 11.1. The molecule has 110 valence electrons. The van der Waals surface area contributed by atoms with Crippen molar-refractivity contribution in [2.24, 2.45) is 0 Å². The van der Waals surface area contributed by atoms with Gasteiger partial charge in [0.25, 0.3) is 11.6 Å². The fourth-order valence-electron chi connectivity index (χ4n) is 1.87. The lowest BCUT2D eigenvalue weighted by Gasteiger charge is -2.26. The Hall–Kier alpha value is -1.93. The summed E-state index contributed by atoms with van der Waals surface area (Å²) < 4.78 is 1.59. The summed E-state index contributed by atoms with van der Waals surface area (Å²) in [4.78, 5) is 22.5. The van der Waals surface area contributed by atoms with E-state index in [9.17, 15) is 25.1 Å². The van der Waals surface area contributed by atoms with E-state index in [1.807, 2.05) is 0 Å². The van der Waals surface area contributed by atoms with Crippen molar-refractivity contribution in [1.82, 2.24) is 9.88 Å². The van der Waals surface area contributed by atoms with Crippen LogP contribution in [0.15, 0.2) is 12.3 Å². The van der Waals surface area contributed by atoms with Crippen LogP contribution in [-0.4, -0.2) is 44.4 Å². The van der Waals surface area contributed by atoms with Crippen LogP contribution in [0, 0.1) is 10.1 Å². The molecule has 0 saturated heterocycles. The maximum Gasteiger partial charge on any atom is 0.287 e. The van der Waals surface area contributed by atoms with E-state index in [4.69, 9.17) is 0 Å². The van der Waals surface area contributed by atoms with E-state index < -0.39 is 29.6 Å². The first-order chi connectivity index (χ1) is 9.40. The summed E-state index contributed by atoms with van der Waals surface area (Å²) in [6.07, 6.45) is 3.11. The van der Waals surface area contributed by atoms with Gasteiger partial charge >= 0.3 is 0 Å². The average Bonchev–Trinajstić information content (AvgIpc) is 3.16. The quantitative estimate of drug-likeness (QED) is 0.509. The number of aliphatic hydroxyl groups excluding tert-OH is 2. The number of carbonyl (C=O) groups excluding carboxylic acids is 1. The van der Waals surface area contributed by atoms with E-state index in [-0.39, 0.29) is 17.4 Å². The number of hydrogen-bond acceptors (Lipinski definition) is 5. The average molecular weight is 283 g/mol. The molecule has 3 N–H and O–H groups in total. The Balaban J connectivity index is 2.27. The second-order valence-electron chi connectivity index (χ2n) is 5.31. The second-order valence-corrected chi connectivity index (χ2v) is 5.31. The highest BCUT2D eigenvalue weighted by Crippen LogP contribution is 2.37. The molecular formula is C12H17N3O5. The standard InChI is InChI=1S/C12H17N3O5/c1-12(6-16,7-17)13-11(18)10-4-9(15(19)20)5-14(10)8-2-3-8/h4-5,8,16-17H,2-3,6-7H2,1H3,(H,13,18). The molecular weight excluding hydrogens is 266 g/mol. The van der Waals surface area contributed by atoms with Crippen LogP contribution in [-0.2, 0) is 0 Å². The highest BCUT2D eigenvalue weighted by atomic mass is 16.6. The molecule has 1 amide bonds. The number of hydrogen-bond donors (Lipinski definition) is 3. The lowest BCUT2D eigenvalue weighted by Crippen LogP contribution is -2.52. The van der Waals surface area contributed by atoms with Gasteiger partial charge in [0.05, 0.1) is 29.9 Å². The molecule has 20 heavy (non-hydrogen) atoms. The molecule has 0 aromatic carbocycles. The topological polar surface area (TPSA) is 118 Å². The minimum Gasteiger partial charge on any atom is -0.394 e. The van der Waals surface area contributed by atoms with E-state index in [0.29, 0.717) is 0 Å². The fourth-order valence-corrected chi connectivity index (χ4v) is 1.87. The molecule has 0 aliphatic heterocycles. The van der Waals surface area contributed by atoms with Gasteiger partial charge < -0.3 is 20.1 Å². The van der Waals surface area contributed by atoms with Crippen molar-refractivity contribution in [3.63, 3.8) is 0 Å². The van der Waals surface area contributed by atoms with Crippen molar-refractivity contribution >= 4 is 11.6 Å². The Bertz CT molecular complexity index is 531. The minimum absolute atomic E-state index is 0.110. The lowest BCUT2D eigenvalue weighted by molar-refractivity contribution is -0.384. The monoisotopic (exact) mass is 283 g/mol. The first kappa shape index (κ1) is 14.5. The Morgan fingerprint density at radius 3 is 2.60 bits per heavy atom. The number of nitrogens with one attached hydrogen (secondary N) is 1. The number of nitrogens with zero attached hydrogens (tertiary/aromatic N) is 2. The third-order valence-corrected chi connectivity index (χ3v) is 3.33. The van der Waals surface area contributed by atoms with Crippen LogP contribution in [0.25, 0.3) is 0 Å². The molecule has 8 nitrogen and oxygen atoms in total. The number of aliphatic hydroxyl groups is 2. The maximum atomic E-state index is 12.2. The Morgan fingerprint density at radius 2 is 2.15 bits per heavy atom. The van der Waals surface area contributed by atoms with Crippen LogP contribution in [0.3, 0.4) is 0 Å². The molecule has 1 aliphatic carbocycles. The molecule has 8 heteroatoms. The zero-order valence-corrected chi connectivity index (χ0v) is 11.1. The van der Waals surface area contributed by atoms with Crippen LogP contribution in [0.1, 0.15) is 36.3 Å². The van der Waals surface area contributed by atoms with Gasteiger partial charge in [0, 0.05) is 12.1 Å². The van der Waals surface area contributed by atoms with Crippen LogP contribution in [0.2, 0.25) is 0 Å². The molecule has 0 radical (unpaired) electrons. The van der Waals surface area contributed by atoms with E-state index in [2.05, 4.69) is 5.32 Å². The van der Waals surface area contributed by atoms with E-state index in [1.54, 1.807) is 4.57 Å². The predicted octanol–water partition coefficient (Wildman–Crippen LogP) is 0.204. The Morgan fingerprint density at radius 1 is 1.55 bits per heavy atom. The highest BCUT2D eigenvalue weighted by molar-refractivity contribution is 5.94. The molecule has 0 spiro atoms. The molecule has 0 bridgehead atoms. The highest BCUT2D eigenvalue weighted by Gasteiger charge is 2.33. The SMILES string of the molecule is CC(CO)(CO)NC(=O)c1cc([N+](=O)[O-])cn1C1CC1. The minimum atomic E-state index is -1.16. The molecule has 1 aliphatic rings. The smallest absolute Gasteiger partial charge is 0.287 e. The molecule has 1 heterocycles. The third kappa shape index (κ3) is 2.81. The van der Waals surface area contributed by atoms with Crippen LogP contribution >= 0.6 is 0 Å². The normalized spacial score (nSPS) is 15.2. The first-order valence-corrected chi connectivity index (χ1v) is 6.30.